The number of hydrogen-bond donors (Lipinski definition) is 1. The quantitative estimate of drug-likeness (QED) is 0.779. The van der Waals surface area contributed by atoms with Crippen LogP contribution < -0.4 is 5.32 Å². The van der Waals surface area contributed by atoms with E-state index in [1.165, 1.54) is 12.1 Å². The fraction of sp³-hybridized carbons (Fsp3) is 0.364. The molecule has 0 amide bonds. The Hall–Kier alpha value is -1.20. The standard InChI is InChI=1S/C11H15NO3S/c1-3-16(14,15)10-6-4-9(5-7-10)11(8-13)12-2/h4-8,11-12H,3H2,1-2H3. The molecule has 0 saturated carbocycles. The normalized spacial score (nSPS) is 13.4. The molecule has 88 valence electrons. The number of aldehydes is 1. The van der Waals surface area contributed by atoms with Crippen LogP contribution in [0.2, 0.25) is 0 Å². The van der Waals surface area contributed by atoms with Crippen LogP contribution in [-0.2, 0) is 14.6 Å². The molecule has 0 aliphatic rings. The summed E-state index contributed by atoms with van der Waals surface area (Å²) in [6, 6.07) is 5.97. The van der Waals surface area contributed by atoms with E-state index in [0.717, 1.165) is 11.8 Å². The highest BCUT2D eigenvalue weighted by molar-refractivity contribution is 7.91. The van der Waals surface area contributed by atoms with Gasteiger partial charge >= 0.3 is 0 Å². The smallest absolute Gasteiger partial charge is 0.178 e. The number of benzene rings is 1. The van der Waals surface area contributed by atoms with Gasteiger partial charge < -0.3 is 10.1 Å². The molecule has 1 aromatic rings. The predicted octanol–water partition coefficient (Wildman–Crippen LogP) is 0.940. The maximum absolute atomic E-state index is 11.5. The van der Waals surface area contributed by atoms with Crippen LogP contribution in [0.3, 0.4) is 0 Å². The van der Waals surface area contributed by atoms with Crippen molar-refractivity contribution < 1.29 is 13.2 Å². The molecule has 0 radical (unpaired) electrons. The lowest BCUT2D eigenvalue weighted by molar-refractivity contribution is -0.109. The molecule has 1 unspecified atom stereocenters. The zero-order valence-corrected chi connectivity index (χ0v) is 10.1. The number of nitrogens with one attached hydrogen (secondary N) is 1. The fourth-order valence-electron chi connectivity index (χ4n) is 1.36. The summed E-state index contributed by atoms with van der Waals surface area (Å²) in [5.74, 6) is 0.0789. The van der Waals surface area contributed by atoms with Crippen LogP contribution in [0.15, 0.2) is 29.2 Å². The van der Waals surface area contributed by atoms with Crippen LogP contribution >= 0.6 is 0 Å². The average molecular weight is 241 g/mol. The van der Waals surface area contributed by atoms with Crippen LogP contribution in [0.5, 0.6) is 0 Å². The summed E-state index contributed by atoms with van der Waals surface area (Å²) in [4.78, 5) is 11.0. The maximum Gasteiger partial charge on any atom is 0.178 e. The molecule has 0 aliphatic heterocycles. The number of likely N-dealkylation sites (N-methyl/N-ethyl adjacent to an activating group) is 1. The van der Waals surface area contributed by atoms with Gasteiger partial charge in [-0.05, 0) is 24.7 Å². The Kier molecular flexibility index (Phi) is 4.20. The summed E-state index contributed by atoms with van der Waals surface area (Å²) in [6.07, 6.45) is 0.781. The van der Waals surface area contributed by atoms with Crippen molar-refractivity contribution in [1.82, 2.24) is 5.32 Å². The van der Waals surface area contributed by atoms with Gasteiger partial charge in [0.1, 0.15) is 6.29 Å². The molecule has 1 atom stereocenters. The molecular formula is C11H15NO3S. The first-order chi connectivity index (χ1) is 7.55. The van der Waals surface area contributed by atoms with Gasteiger partial charge in [-0.25, -0.2) is 8.42 Å². The van der Waals surface area contributed by atoms with E-state index in [4.69, 9.17) is 0 Å². The van der Waals surface area contributed by atoms with Crippen molar-refractivity contribution in [3.8, 4) is 0 Å². The van der Waals surface area contributed by atoms with E-state index in [-0.39, 0.29) is 5.75 Å². The van der Waals surface area contributed by atoms with Gasteiger partial charge in [0.15, 0.2) is 9.84 Å². The predicted molar refractivity (Wildman–Crippen MR) is 62.0 cm³/mol. The Morgan fingerprint density at radius 3 is 2.25 bits per heavy atom. The van der Waals surface area contributed by atoms with Gasteiger partial charge in [-0.2, -0.15) is 0 Å². The first-order valence-electron chi connectivity index (χ1n) is 5.00. The van der Waals surface area contributed by atoms with Gasteiger partial charge in [-0.1, -0.05) is 19.1 Å². The van der Waals surface area contributed by atoms with E-state index in [1.807, 2.05) is 0 Å². The van der Waals surface area contributed by atoms with Crippen molar-refractivity contribution in [2.24, 2.45) is 0 Å². The minimum Gasteiger partial charge on any atom is -0.307 e. The SMILES string of the molecule is CCS(=O)(=O)c1ccc(C(C=O)NC)cc1. The number of sulfone groups is 1. The van der Waals surface area contributed by atoms with Crippen LogP contribution in [0.4, 0.5) is 0 Å². The number of rotatable bonds is 5. The van der Waals surface area contributed by atoms with Crippen molar-refractivity contribution in [3.63, 3.8) is 0 Å². The molecule has 0 fully saturated rings. The van der Waals surface area contributed by atoms with Gasteiger partial charge in [-0.15, -0.1) is 0 Å². The van der Waals surface area contributed by atoms with Gasteiger partial charge in [-0.3, -0.25) is 0 Å². The van der Waals surface area contributed by atoms with Crippen LogP contribution in [0.25, 0.3) is 0 Å². The molecule has 4 nitrogen and oxygen atoms in total. The summed E-state index contributed by atoms with van der Waals surface area (Å²) in [5, 5.41) is 2.82. The minimum absolute atomic E-state index is 0.0789. The summed E-state index contributed by atoms with van der Waals surface area (Å²) >= 11 is 0. The molecule has 0 bridgehead atoms. The van der Waals surface area contributed by atoms with Gasteiger partial charge in [0.05, 0.1) is 16.7 Å². The van der Waals surface area contributed by atoms with E-state index in [9.17, 15) is 13.2 Å². The summed E-state index contributed by atoms with van der Waals surface area (Å²) < 4.78 is 23.1. The van der Waals surface area contributed by atoms with Crippen LogP contribution in [0, 0.1) is 0 Å². The third-order valence-corrected chi connectivity index (χ3v) is 4.18. The first kappa shape index (κ1) is 12.9. The molecule has 1 rings (SSSR count). The monoisotopic (exact) mass is 241 g/mol. The number of hydrogen-bond acceptors (Lipinski definition) is 4. The summed E-state index contributed by atoms with van der Waals surface area (Å²) in [6.45, 7) is 1.60. The molecule has 1 N–H and O–H groups in total. The Labute approximate surface area is 95.6 Å². The summed E-state index contributed by atoms with van der Waals surface area (Å²) in [7, 11) is -1.49. The van der Waals surface area contributed by atoms with E-state index in [2.05, 4.69) is 5.32 Å². The highest BCUT2D eigenvalue weighted by Crippen LogP contribution is 2.16. The van der Waals surface area contributed by atoms with E-state index in [1.54, 1.807) is 26.1 Å². The molecule has 0 heterocycles. The maximum atomic E-state index is 11.5. The molecule has 0 spiro atoms. The first-order valence-corrected chi connectivity index (χ1v) is 6.65. The second-order valence-corrected chi connectivity index (χ2v) is 5.65. The van der Waals surface area contributed by atoms with Crippen molar-refractivity contribution >= 4 is 16.1 Å². The van der Waals surface area contributed by atoms with E-state index >= 15 is 0 Å². The van der Waals surface area contributed by atoms with Crippen LogP contribution in [-0.4, -0.2) is 27.5 Å². The molecule has 5 heteroatoms. The molecular weight excluding hydrogens is 226 g/mol. The van der Waals surface area contributed by atoms with E-state index in [0.29, 0.717) is 4.90 Å². The van der Waals surface area contributed by atoms with Gasteiger partial charge in [0, 0.05) is 0 Å². The average Bonchev–Trinajstić information content (AvgIpc) is 2.31. The second-order valence-electron chi connectivity index (χ2n) is 3.37. The van der Waals surface area contributed by atoms with E-state index < -0.39 is 15.9 Å². The molecule has 0 aromatic heterocycles. The van der Waals surface area contributed by atoms with Crippen LogP contribution in [0.1, 0.15) is 18.5 Å². The summed E-state index contributed by atoms with van der Waals surface area (Å²) in [5.41, 5.74) is 0.757. The fourth-order valence-corrected chi connectivity index (χ4v) is 2.25. The van der Waals surface area contributed by atoms with Crippen molar-refractivity contribution in [3.05, 3.63) is 29.8 Å². The molecule has 1 aromatic carbocycles. The van der Waals surface area contributed by atoms with Crippen molar-refractivity contribution in [2.45, 2.75) is 17.9 Å². The lowest BCUT2D eigenvalue weighted by atomic mass is 10.1. The highest BCUT2D eigenvalue weighted by atomic mass is 32.2. The Bertz CT molecular complexity index is 451. The molecule has 0 aliphatic carbocycles. The van der Waals surface area contributed by atoms with Crippen molar-refractivity contribution in [1.29, 1.82) is 0 Å². The molecule has 16 heavy (non-hydrogen) atoms. The number of carbonyl (C=O) groups excluding carboxylic acids is 1. The lowest BCUT2D eigenvalue weighted by Crippen LogP contribution is -2.17. The zero-order valence-electron chi connectivity index (χ0n) is 9.30. The Balaban J connectivity index is 3.04. The largest absolute Gasteiger partial charge is 0.307 e. The van der Waals surface area contributed by atoms with Gasteiger partial charge in [0.2, 0.25) is 0 Å². The minimum atomic E-state index is -3.16. The third kappa shape index (κ3) is 2.68. The second kappa shape index (κ2) is 5.23. The van der Waals surface area contributed by atoms with Gasteiger partial charge in [0.25, 0.3) is 0 Å². The number of carbonyl (C=O) groups is 1. The highest BCUT2D eigenvalue weighted by Gasteiger charge is 2.12. The Morgan fingerprint density at radius 1 is 1.31 bits per heavy atom. The topological polar surface area (TPSA) is 63.2 Å². The van der Waals surface area contributed by atoms with Crippen molar-refractivity contribution in [2.75, 3.05) is 12.8 Å². The molecule has 0 saturated heterocycles. The third-order valence-electron chi connectivity index (χ3n) is 2.43. The lowest BCUT2D eigenvalue weighted by Gasteiger charge is -2.09. The zero-order chi connectivity index (χ0) is 12.2. The Morgan fingerprint density at radius 2 is 1.88 bits per heavy atom.